The highest BCUT2D eigenvalue weighted by molar-refractivity contribution is 7.92. The summed E-state index contributed by atoms with van der Waals surface area (Å²) in [5, 5.41) is 0. The monoisotopic (exact) mass is 554 g/mol. The van der Waals surface area contributed by atoms with Gasteiger partial charge >= 0.3 is 0 Å². The number of nitrogens with zero attached hydrogens (tertiary/aromatic N) is 5. The summed E-state index contributed by atoms with van der Waals surface area (Å²) >= 11 is 0. The van der Waals surface area contributed by atoms with E-state index in [1.165, 1.54) is 7.11 Å². The number of allylic oxidation sites excluding steroid dienone is 3. The Morgan fingerprint density at radius 1 is 1.28 bits per heavy atom. The number of rotatable bonds is 8. The number of aromatic nitrogens is 3. The van der Waals surface area contributed by atoms with Gasteiger partial charge in [0.25, 0.3) is 5.91 Å². The van der Waals surface area contributed by atoms with Crippen molar-refractivity contribution in [3.05, 3.63) is 78.4 Å². The minimum Gasteiger partial charge on any atom is -0.488 e. The molecule has 0 spiro atoms. The standard InChI is InChI=1S/C26H30N6O6S/c1-30-15-22(28-17-30)26(33)32-9-8-19(14-32)38-23-7-5-4-6-20(23)24-16-31(10-11-37-24)18-12-21(29-39(3,34)35)25(36-2)27-13-18/h5,7,10-13,15-17,19,29H,4,6,8-9,14H2,1-3H3/t19-/m0/s1. The van der Waals surface area contributed by atoms with Gasteiger partial charge in [0.1, 0.15) is 35.3 Å². The lowest BCUT2D eigenvalue weighted by atomic mass is 10.0. The summed E-state index contributed by atoms with van der Waals surface area (Å²) in [6.45, 7) is 1.07. The maximum atomic E-state index is 12.8. The number of methoxy groups -OCH3 is 1. The first-order valence-electron chi connectivity index (χ1n) is 12.4. The molecule has 3 aliphatic rings. The van der Waals surface area contributed by atoms with Gasteiger partial charge in [-0.1, -0.05) is 6.08 Å². The number of aryl methyl sites for hydroxylation is 1. The lowest BCUT2D eigenvalue weighted by Crippen LogP contribution is -2.30. The average Bonchev–Trinajstić information content (AvgIpc) is 3.57. The molecule has 206 valence electrons. The summed E-state index contributed by atoms with van der Waals surface area (Å²) < 4.78 is 45.3. The minimum absolute atomic E-state index is 0.105. The predicted molar refractivity (Wildman–Crippen MR) is 144 cm³/mol. The number of nitrogens with one attached hydrogen (secondary N) is 1. The molecule has 1 saturated heterocycles. The zero-order chi connectivity index (χ0) is 27.6. The third-order valence-corrected chi connectivity index (χ3v) is 6.96. The Bertz CT molecular complexity index is 1490. The van der Waals surface area contributed by atoms with Crippen LogP contribution in [0.1, 0.15) is 29.8 Å². The Labute approximate surface area is 226 Å². The highest BCUT2D eigenvalue weighted by atomic mass is 32.2. The normalized spacial score (nSPS) is 19.2. The van der Waals surface area contributed by atoms with Crippen molar-refractivity contribution in [3.8, 4) is 5.88 Å². The van der Waals surface area contributed by atoms with Crippen molar-refractivity contribution in [1.82, 2.24) is 19.4 Å². The van der Waals surface area contributed by atoms with E-state index in [0.29, 0.717) is 48.8 Å². The number of hydrogen-bond donors (Lipinski definition) is 1. The van der Waals surface area contributed by atoms with Crippen molar-refractivity contribution < 1.29 is 27.4 Å². The molecule has 13 heteroatoms. The number of likely N-dealkylation sites (tertiary alicyclic amines) is 1. The number of amides is 1. The molecule has 1 aliphatic carbocycles. The van der Waals surface area contributed by atoms with Gasteiger partial charge in [0.2, 0.25) is 15.9 Å². The fourth-order valence-corrected chi connectivity index (χ4v) is 5.11. The number of hydrogen-bond acceptors (Lipinski definition) is 9. The number of anilines is 2. The van der Waals surface area contributed by atoms with Crippen molar-refractivity contribution in [2.45, 2.75) is 25.4 Å². The Morgan fingerprint density at radius 2 is 2.13 bits per heavy atom. The number of pyridine rings is 1. The van der Waals surface area contributed by atoms with Crippen LogP contribution in [-0.4, -0.2) is 66.3 Å². The lowest BCUT2D eigenvalue weighted by molar-refractivity contribution is 0.0737. The van der Waals surface area contributed by atoms with Crippen LogP contribution in [0.25, 0.3) is 0 Å². The van der Waals surface area contributed by atoms with E-state index >= 15 is 0 Å². The first-order chi connectivity index (χ1) is 18.7. The maximum Gasteiger partial charge on any atom is 0.274 e. The number of carbonyl (C=O) groups is 1. The van der Waals surface area contributed by atoms with E-state index in [-0.39, 0.29) is 23.6 Å². The van der Waals surface area contributed by atoms with E-state index in [2.05, 4.69) is 20.8 Å². The van der Waals surface area contributed by atoms with Crippen LogP contribution in [0.3, 0.4) is 0 Å². The van der Waals surface area contributed by atoms with Crippen molar-refractivity contribution in [2.75, 3.05) is 36.1 Å². The first kappa shape index (κ1) is 26.4. The molecule has 0 bridgehead atoms. The molecule has 12 nitrogen and oxygen atoms in total. The smallest absolute Gasteiger partial charge is 0.274 e. The summed E-state index contributed by atoms with van der Waals surface area (Å²) in [6, 6.07) is 1.63. The maximum absolute atomic E-state index is 12.8. The van der Waals surface area contributed by atoms with Crippen LogP contribution in [0.5, 0.6) is 5.88 Å². The molecule has 1 amide bonds. The zero-order valence-corrected chi connectivity index (χ0v) is 22.7. The molecular weight excluding hydrogens is 524 g/mol. The van der Waals surface area contributed by atoms with E-state index < -0.39 is 10.0 Å². The molecule has 1 fully saturated rings. The van der Waals surface area contributed by atoms with Gasteiger partial charge in [0.05, 0.1) is 44.3 Å². The van der Waals surface area contributed by atoms with Crippen LogP contribution in [0.15, 0.2) is 72.7 Å². The summed E-state index contributed by atoms with van der Waals surface area (Å²) in [4.78, 5) is 24.8. The predicted octanol–water partition coefficient (Wildman–Crippen LogP) is 2.88. The summed E-state index contributed by atoms with van der Waals surface area (Å²) in [5.74, 6) is 1.36. The van der Waals surface area contributed by atoms with E-state index in [1.54, 1.807) is 57.8 Å². The third-order valence-electron chi connectivity index (χ3n) is 6.37. The van der Waals surface area contributed by atoms with Crippen molar-refractivity contribution in [3.63, 3.8) is 0 Å². The Hall–Kier alpha value is -4.26. The number of sulfonamides is 1. The highest BCUT2D eigenvalue weighted by Gasteiger charge is 2.31. The molecule has 0 unspecified atom stereocenters. The van der Waals surface area contributed by atoms with Gasteiger partial charge in [-0.2, -0.15) is 0 Å². The molecule has 0 radical (unpaired) electrons. The molecule has 1 N–H and O–H groups in total. The molecule has 2 aliphatic heterocycles. The lowest BCUT2D eigenvalue weighted by Gasteiger charge is -2.26. The third kappa shape index (κ3) is 6.08. The van der Waals surface area contributed by atoms with Crippen LogP contribution in [0.2, 0.25) is 0 Å². The Balaban J connectivity index is 1.34. The topological polar surface area (TPSA) is 128 Å². The largest absolute Gasteiger partial charge is 0.488 e. The van der Waals surface area contributed by atoms with E-state index in [0.717, 1.165) is 18.2 Å². The second kappa shape index (κ2) is 10.8. The molecule has 39 heavy (non-hydrogen) atoms. The van der Waals surface area contributed by atoms with Crippen LogP contribution in [-0.2, 0) is 26.5 Å². The number of ether oxygens (including phenoxy) is 3. The van der Waals surface area contributed by atoms with E-state index in [4.69, 9.17) is 14.2 Å². The van der Waals surface area contributed by atoms with Crippen molar-refractivity contribution in [2.24, 2.45) is 7.05 Å². The van der Waals surface area contributed by atoms with Crippen LogP contribution < -0.4 is 14.4 Å². The van der Waals surface area contributed by atoms with Gasteiger partial charge in [0.15, 0.2) is 0 Å². The molecular formula is C26H30N6O6S. The molecule has 1 atom stereocenters. The van der Waals surface area contributed by atoms with Gasteiger partial charge in [-0.15, -0.1) is 0 Å². The molecule has 0 saturated carbocycles. The van der Waals surface area contributed by atoms with Crippen LogP contribution in [0.4, 0.5) is 11.4 Å². The van der Waals surface area contributed by atoms with Crippen molar-refractivity contribution in [1.29, 1.82) is 0 Å². The van der Waals surface area contributed by atoms with Crippen LogP contribution >= 0.6 is 0 Å². The van der Waals surface area contributed by atoms with Crippen LogP contribution in [0, 0.1) is 0 Å². The quantitative estimate of drug-likeness (QED) is 0.524. The molecule has 0 aromatic carbocycles. The molecule has 4 heterocycles. The summed E-state index contributed by atoms with van der Waals surface area (Å²) in [7, 11) is -0.283. The highest BCUT2D eigenvalue weighted by Crippen LogP contribution is 2.34. The van der Waals surface area contributed by atoms with Gasteiger partial charge in [0, 0.05) is 38.0 Å². The average molecular weight is 555 g/mol. The Morgan fingerprint density at radius 3 is 2.87 bits per heavy atom. The Kier molecular flexibility index (Phi) is 7.33. The molecule has 5 rings (SSSR count). The van der Waals surface area contributed by atoms with Crippen molar-refractivity contribution >= 4 is 27.3 Å². The number of carbonyl (C=O) groups excluding carboxylic acids is 1. The van der Waals surface area contributed by atoms with Gasteiger partial charge in [-0.05, 0) is 25.0 Å². The van der Waals surface area contributed by atoms with E-state index in [1.807, 2.05) is 13.1 Å². The minimum atomic E-state index is -3.54. The van der Waals surface area contributed by atoms with Gasteiger partial charge in [-0.25, -0.2) is 18.4 Å². The van der Waals surface area contributed by atoms with Gasteiger partial charge < -0.3 is 28.6 Å². The molecule has 2 aromatic heterocycles. The fraction of sp³-hybridized carbons (Fsp3) is 0.346. The zero-order valence-electron chi connectivity index (χ0n) is 21.9. The second-order valence-corrected chi connectivity index (χ2v) is 11.2. The summed E-state index contributed by atoms with van der Waals surface area (Å²) in [5.41, 5.74) is 2.15. The second-order valence-electron chi connectivity index (χ2n) is 9.42. The summed E-state index contributed by atoms with van der Waals surface area (Å²) in [6.07, 6.45) is 17.1. The fourth-order valence-electron chi connectivity index (χ4n) is 4.57. The molecule has 2 aromatic rings. The van der Waals surface area contributed by atoms with E-state index in [9.17, 15) is 13.2 Å². The SMILES string of the molecule is COc1ncc(N2C=COC(C3=C(O[C@H]4CCN(C(=O)c5cn(C)cn5)C4)C=CCC3)=C2)cc1NS(C)(=O)=O. The van der Waals surface area contributed by atoms with Gasteiger partial charge in [-0.3, -0.25) is 9.52 Å². The first-order valence-corrected chi connectivity index (χ1v) is 14.3. The number of imidazole rings is 1.